The van der Waals surface area contributed by atoms with Crippen LogP contribution in [0.1, 0.15) is 5.56 Å². The lowest BCUT2D eigenvalue weighted by Crippen LogP contribution is -2.27. The number of nitrogens with zero attached hydrogens (tertiary/aromatic N) is 1. The van der Waals surface area contributed by atoms with E-state index < -0.39 is 6.09 Å². The third kappa shape index (κ3) is 3.45. The molecule has 0 spiro atoms. The average Bonchev–Trinajstić information content (AvgIpc) is 2.15. The van der Waals surface area contributed by atoms with Gasteiger partial charge in [-0.15, -0.1) is 12.4 Å². The summed E-state index contributed by atoms with van der Waals surface area (Å²) in [5.41, 5.74) is 0.789. The van der Waals surface area contributed by atoms with Crippen molar-refractivity contribution in [2.45, 2.75) is 6.54 Å². The van der Waals surface area contributed by atoms with E-state index in [0.717, 1.165) is 5.56 Å². The number of hydrogen-bond acceptors (Lipinski definition) is 2. The highest BCUT2D eigenvalue weighted by Crippen LogP contribution is 2.02. The van der Waals surface area contributed by atoms with Crippen molar-refractivity contribution >= 4 is 24.9 Å². The van der Waals surface area contributed by atoms with Crippen molar-refractivity contribution < 1.29 is 14.7 Å². The van der Waals surface area contributed by atoms with Gasteiger partial charge in [-0.25, -0.2) is 9.69 Å². The van der Waals surface area contributed by atoms with Gasteiger partial charge in [-0.2, -0.15) is 0 Å². The van der Waals surface area contributed by atoms with E-state index in [1.54, 1.807) is 24.3 Å². The predicted octanol–water partition coefficient (Wildman–Crippen LogP) is 1.74. The fraction of sp³-hybridized carbons (Fsp3) is 0.111. The predicted molar refractivity (Wildman–Crippen MR) is 53.3 cm³/mol. The van der Waals surface area contributed by atoms with Gasteiger partial charge < -0.3 is 5.11 Å². The van der Waals surface area contributed by atoms with Crippen molar-refractivity contribution in [1.82, 2.24) is 4.90 Å². The lowest BCUT2D eigenvalue weighted by atomic mass is 10.2. The van der Waals surface area contributed by atoms with Crippen molar-refractivity contribution in [3.8, 4) is 0 Å². The Kier molecular flexibility index (Phi) is 5.33. The average molecular weight is 216 g/mol. The van der Waals surface area contributed by atoms with Gasteiger partial charge in [0.25, 0.3) is 0 Å². The molecule has 1 N–H and O–H groups in total. The minimum absolute atomic E-state index is 0. The van der Waals surface area contributed by atoms with Crippen LogP contribution < -0.4 is 0 Å². The molecule has 1 rings (SSSR count). The molecule has 0 aromatic heterocycles. The zero-order valence-electron chi connectivity index (χ0n) is 7.29. The quantitative estimate of drug-likeness (QED) is 0.782. The number of carbonyl (C=O) groups excluding carboxylic acids is 1. The van der Waals surface area contributed by atoms with Gasteiger partial charge in [-0.1, -0.05) is 30.3 Å². The zero-order chi connectivity index (χ0) is 9.68. The van der Waals surface area contributed by atoms with Crippen molar-refractivity contribution in [2.75, 3.05) is 0 Å². The number of imide groups is 1. The summed E-state index contributed by atoms with van der Waals surface area (Å²) in [5.74, 6) is 0. The van der Waals surface area contributed by atoms with Crippen LogP contribution in [-0.2, 0) is 11.3 Å². The summed E-state index contributed by atoms with van der Waals surface area (Å²) >= 11 is 0. The molecule has 76 valence electrons. The van der Waals surface area contributed by atoms with Crippen LogP contribution >= 0.6 is 12.4 Å². The first-order valence-corrected chi connectivity index (χ1v) is 3.73. The largest absolute Gasteiger partial charge is 0.465 e. The SMILES string of the molecule is Cl.O=CN(Cc1ccccc1)C(=O)O. The van der Waals surface area contributed by atoms with Crippen LogP contribution in [0.5, 0.6) is 0 Å². The fourth-order valence-corrected chi connectivity index (χ4v) is 0.930. The van der Waals surface area contributed by atoms with Crippen LogP contribution in [0, 0.1) is 0 Å². The number of carboxylic acid groups (broad SMARTS) is 1. The minimum Gasteiger partial charge on any atom is -0.465 e. The molecule has 0 bridgehead atoms. The highest BCUT2D eigenvalue weighted by molar-refractivity contribution is 5.85. The zero-order valence-corrected chi connectivity index (χ0v) is 8.11. The van der Waals surface area contributed by atoms with Crippen LogP contribution in [0.3, 0.4) is 0 Å². The van der Waals surface area contributed by atoms with Crippen LogP contribution in [0.25, 0.3) is 0 Å². The molecule has 1 aromatic carbocycles. The molecule has 0 atom stereocenters. The Balaban J connectivity index is 0.00000169. The third-order valence-electron chi connectivity index (χ3n) is 1.57. The van der Waals surface area contributed by atoms with Gasteiger partial charge >= 0.3 is 6.09 Å². The Hall–Kier alpha value is -1.55. The van der Waals surface area contributed by atoms with E-state index in [1.807, 2.05) is 6.07 Å². The summed E-state index contributed by atoms with van der Waals surface area (Å²) in [6.07, 6.45) is -0.936. The van der Waals surface area contributed by atoms with E-state index in [4.69, 9.17) is 5.11 Å². The molecule has 0 aliphatic rings. The van der Waals surface area contributed by atoms with Crippen LogP contribution in [0.15, 0.2) is 30.3 Å². The molecule has 4 nitrogen and oxygen atoms in total. The lowest BCUT2D eigenvalue weighted by molar-refractivity contribution is -0.116. The first-order chi connectivity index (χ1) is 6.24. The normalized spacial score (nSPS) is 8.57. The number of hydrogen-bond donors (Lipinski definition) is 1. The van der Waals surface area contributed by atoms with Crippen molar-refractivity contribution in [1.29, 1.82) is 0 Å². The summed E-state index contributed by atoms with van der Waals surface area (Å²) in [7, 11) is 0. The molecule has 5 heteroatoms. The summed E-state index contributed by atoms with van der Waals surface area (Å²) in [4.78, 5) is 21.4. The summed E-state index contributed by atoms with van der Waals surface area (Å²) in [6, 6.07) is 8.94. The van der Waals surface area contributed by atoms with Gasteiger partial charge in [-0.3, -0.25) is 4.79 Å². The number of carbonyl (C=O) groups is 2. The van der Waals surface area contributed by atoms with E-state index in [2.05, 4.69) is 0 Å². The molecule has 0 unspecified atom stereocenters. The third-order valence-corrected chi connectivity index (χ3v) is 1.57. The summed E-state index contributed by atoms with van der Waals surface area (Å²) < 4.78 is 0. The summed E-state index contributed by atoms with van der Waals surface area (Å²) in [6.45, 7) is 0.0969. The van der Waals surface area contributed by atoms with Gasteiger partial charge in [0.1, 0.15) is 0 Å². The van der Waals surface area contributed by atoms with Crippen LogP contribution in [-0.4, -0.2) is 22.5 Å². The first-order valence-electron chi connectivity index (χ1n) is 3.73. The second-order valence-electron chi connectivity index (χ2n) is 2.50. The fourth-order valence-electron chi connectivity index (χ4n) is 0.930. The smallest absolute Gasteiger partial charge is 0.414 e. The second-order valence-corrected chi connectivity index (χ2v) is 2.50. The molecule has 1 aromatic rings. The molecular weight excluding hydrogens is 206 g/mol. The number of rotatable bonds is 3. The number of amides is 2. The minimum atomic E-state index is -1.24. The van der Waals surface area contributed by atoms with Crippen molar-refractivity contribution in [3.63, 3.8) is 0 Å². The van der Waals surface area contributed by atoms with E-state index in [1.165, 1.54) is 0 Å². The standard InChI is InChI=1S/C9H9NO3.ClH/c11-7-10(9(12)13)6-8-4-2-1-3-5-8;/h1-5,7H,6H2,(H,12,13);1H. The molecule has 0 saturated heterocycles. The number of halogens is 1. The Morgan fingerprint density at radius 2 is 1.93 bits per heavy atom. The van der Waals surface area contributed by atoms with Crippen molar-refractivity contribution in [3.05, 3.63) is 35.9 Å². The molecule has 0 saturated carbocycles. The second kappa shape index (κ2) is 5.99. The molecule has 0 radical (unpaired) electrons. The van der Waals surface area contributed by atoms with Gasteiger partial charge in [-0.05, 0) is 5.56 Å². The van der Waals surface area contributed by atoms with Gasteiger partial charge in [0, 0.05) is 0 Å². The highest BCUT2D eigenvalue weighted by atomic mass is 35.5. The summed E-state index contributed by atoms with van der Waals surface area (Å²) in [5, 5.41) is 8.53. The van der Waals surface area contributed by atoms with E-state index in [9.17, 15) is 9.59 Å². The maximum atomic E-state index is 10.4. The van der Waals surface area contributed by atoms with E-state index >= 15 is 0 Å². The molecule has 0 aliphatic carbocycles. The number of benzene rings is 1. The van der Waals surface area contributed by atoms with E-state index in [-0.39, 0.29) is 19.0 Å². The molecule has 2 amide bonds. The Morgan fingerprint density at radius 1 is 1.36 bits per heavy atom. The first kappa shape index (κ1) is 12.4. The molecule has 14 heavy (non-hydrogen) atoms. The maximum Gasteiger partial charge on any atom is 0.414 e. The topological polar surface area (TPSA) is 57.6 Å². The van der Waals surface area contributed by atoms with Crippen molar-refractivity contribution in [2.24, 2.45) is 0 Å². The molecule has 0 heterocycles. The Bertz CT molecular complexity index is 302. The maximum absolute atomic E-state index is 10.4. The lowest BCUT2D eigenvalue weighted by Gasteiger charge is -2.10. The monoisotopic (exact) mass is 215 g/mol. The Morgan fingerprint density at radius 3 is 2.36 bits per heavy atom. The van der Waals surface area contributed by atoms with Gasteiger partial charge in [0.2, 0.25) is 6.41 Å². The highest BCUT2D eigenvalue weighted by Gasteiger charge is 2.09. The molecule has 0 fully saturated rings. The van der Waals surface area contributed by atoms with Crippen LogP contribution in [0.2, 0.25) is 0 Å². The molecule has 0 aliphatic heterocycles. The Labute approximate surface area is 87.6 Å². The van der Waals surface area contributed by atoms with E-state index in [0.29, 0.717) is 11.3 Å². The molecular formula is C9H10ClNO3. The van der Waals surface area contributed by atoms with Crippen LogP contribution in [0.4, 0.5) is 4.79 Å². The van der Waals surface area contributed by atoms with Gasteiger partial charge in [0.15, 0.2) is 0 Å². The van der Waals surface area contributed by atoms with Gasteiger partial charge in [0.05, 0.1) is 6.54 Å².